The Balaban J connectivity index is 2.30. The molecule has 0 aliphatic heterocycles. The van der Waals surface area contributed by atoms with Crippen LogP contribution in [0.4, 0.5) is 0 Å². The molecule has 12 heavy (non-hydrogen) atoms. The number of rotatable bonds is 2. The normalized spacial score (nSPS) is 17.5. The quantitative estimate of drug-likeness (QED) is 0.626. The van der Waals surface area contributed by atoms with Crippen molar-refractivity contribution in [1.82, 2.24) is 5.32 Å². The lowest BCUT2D eigenvalue weighted by molar-refractivity contribution is -0.117. The summed E-state index contributed by atoms with van der Waals surface area (Å²) in [4.78, 5) is 11.2. The second-order valence-electron chi connectivity index (χ2n) is 3.71. The molecule has 0 aromatic rings. The molecule has 0 radical (unpaired) electrons. The van der Waals surface area contributed by atoms with E-state index in [1.165, 1.54) is 12.8 Å². The van der Waals surface area contributed by atoms with Crippen LogP contribution in [0.1, 0.15) is 39.5 Å². The van der Waals surface area contributed by atoms with Crippen molar-refractivity contribution < 1.29 is 4.79 Å². The zero-order chi connectivity index (χ0) is 8.97. The Bertz CT molecular complexity index is 186. The fourth-order valence-corrected chi connectivity index (χ4v) is 1.58. The molecule has 0 aromatic heterocycles. The van der Waals surface area contributed by atoms with Crippen LogP contribution in [0.2, 0.25) is 0 Å². The molecule has 1 amide bonds. The highest BCUT2D eigenvalue weighted by Gasteiger charge is 2.15. The fraction of sp³-hybridized carbons (Fsp3) is 0.700. The summed E-state index contributed by atoms with van der Waals surface area (Å²) >= 11 is 0. The van der Waals surface area contributed by atoms with Crippen LogP contribution in [0.3, 0.4) is 0 Å². The third kappa shape index (κ3) is 3.07. The van der Waals surface area contributed by atoms with Gasteiger partial charge in [0.05, 0.1) is 0 Å². The number of allylic oxidation sites excluding steroid dienone is 1. The van der Waals surface area contributed by atoms with E-state index in [0.29, 0.717) is 6.04 Å². The average molecular weight is 167 g/mol. The van der Waals surface area contributed by atoms with Gasteiger partial charge in [0.25, 0.3) is 0 Å². The standard InChI is InChI=1S/C10H17NO/c1-8(2)7-10(12)11-9-5-3-4-6-9/h7,9H,3-6H2,1-2H3,(H,11,12). The highest BCUT2D eigenvalue weighted by molar-refractivity contribution is 5.88. The van der Waals surface area contributed by atoms with Crippen LogP contribution in [0.25, 0.3) is 0 Å². The second kappa shape index (κ2) is 4.29. The van der Waals surface area contributed by atoms with Crippen LogP contribution in [0.15, 0.2) is 11.6 Å². The zero-order valence-electron chi connectivity index (χ0n) is 7.89. The third-order valence-corrected chi connectivity index (χ3v) is 2.12. The summed E-state index contributed by atoms with van der Waals surface area (Å²) in [5, 5.41) is 2.99. The maximum absolute atomic E-state index is 11.2. The SMILES string of the molecule is CC(C)=CC(=O)NC1CCCC1. The molecule has 1 N–H and O–H groups in total. The van der Waals surface area contributed by atoms with Gasteiger partial charge >= 0.3 is 0 Å². The highest BCUT2D eigenvalue weighted by atomic mass is 16.1. The predicted molar refractivity (Wildman–Crippen MR) is 49.8 cm³/mol. The summed E-state index contributed by atoms with van der Waals surface area (Å²) in [7, 11) is 0. The first-order chi connectivity index (χ1) is 5.68. The first-order valence-corrected chi connectivity index (χ1v) is 4.64. The van der Waals surface area contributed by atoms with Gasteiger partial charge in [-0.25, -0.2) is 0 Å². The molecule has 2 heteroatoms. The Kier molecular flexibility index (Phi) is 3.32. The predicted octanol–water partition coefficient (Wildman–Crippen LogP) is 2.01. The number of amides is 1. The summed E-state index contributed by atoms with van der Waals surface area (Å²) in [5.41, 5.74) is 1.06. The molecule has 0 unspecified atom stereocenters. The van der Waals surface area contributed by atoms with E-state index in [9.17, 15) is 4.79 Å². The van der Waals surface area contributed by atoms with E-state index in [4.69, 9.17) is 0 Å². The van der Waals surface area contributed by atoms with E-state index in [2.05, 4.69) is 5.32 Å². The number of hydrogen-bond acceptors (Lipinski definition) is 1. The summed E-state index contributed by atoms with van der Waals surface area (Å²) in [6, 6.07) is 0.438. The van der Waals surface area contributed by atoms with E-state index in [0.717, 1.165) is 18.4 Å². The maximum atomic E-state index is 11.2. The van der Waals surface area contributed by atoms with Gasteiger partial charge in [0, 0.05) is 12.1 Å². The number of nitrogens with one attached hydrogen (secondary N) is 1. The van der Waals surface area contributed by atoms with Gasteiger partial charge in [-0.1, -0.05) is 18.4 Å². The summed E-state index contributed by atoms with van der Waals surface area (Å²) in [6.45, 7) is 3.88. The molecule has 2 nitrogen and oxygen atoms in total. The van der Waals surface area contributed by atoms with Crippen molar-refractivity contribution in [2.75, 3.05) is 0 Å². The van der Waals surface area contributed by atoms with Crippen molar-refractivity contribution in [2.24, 2.45) is 0 Å². The highest BCUT2D eigenvalue weighted by Crippen LogP contribution is 2.17. The van der Waals surface area contributed by atoms with Crippen molar-refractivity contribution in [2.45, 2.75) is 45.6 Å². The van der Waals surface area contributed by atoms with Crippen LogP contribution in [0.5, 0.6) is 0 Å². The Morgan fingerprint density at radius 1 is 1.33 bits per heavy atom. The van der Waals surface area contributed by atoms with E-state index < -0.39 is 0 Å². The van der Waals surface area contributed by atoms with E-state index in [-0.39, 0.29) is 5.91 Å². The lowest BCUT2D eigenvalue weighted by Gasteiger charge is -2.09. The molecule has 0 saturated heterocycles. The van der Waals surface area contributed by atoms with Crippen molar-refractivity contribution in [3.63, 3.8) is 0 Å². The minimum absolute atomic E-state index is 0.0712. The molecule has 1 aliphatic carbocycles. The van der Waals surface area contributed by atoms with Gasteiger partial charge in [-0.05, 0) is 26.7 Å². The molecule has 0 heterocycles. The van der Waals surface area contributed by atoms with E-state index >= 15 is 0 Å². The molecule has 0 aromatic carbocycles. The first kappa shape index (κ1) is 9.30. The molecule has 1 fully saturated rings. The Labute approximate surface area is 74.0 Å². The minimum atomic E-state index is 0.0712. The fourth-order valence-electron chi connectivity index (χ4n) is 1.58. The zero-order valence-corrected chi connectivity index (χ0v) is 7.89. The van der Waals surface area contributed by atoms with Crippen molar-refractivity contribution in [1.29, 1.82) is 0 Å². The topological polar surface area (TPSA) is 29.1 Å². The Morgan fingerprint density at radius 2 is 1.92 bits per heavy atom. The number of carbonyl (C=O) groups is 1. The molecule has 1 saturated carbocycles. The molecule has 68 valence electrons. The molecule has 1 rings (SSSR count). The van der Waals surface area contributed by atoms with Gasteiger partial charge < -0.3 is 5.32 Å². The van der Waals surface area contributed by atoms with Crippen LogP contribution < -0.4 is 5.32 Å². The van der Waals surface area contributed by atoms with Crippen LogP contribution in [-0.2, 0) is 4.79 Å². The first-order valence-electron chi connectivity index (χ1n) is 4.64. The van der Waals surface area contributed by atoms with Crippen molar-refractivity contribution >= 4 is 5.91 Å². The van der Waals surface area contributed by atoms with Gasteiger partial charge in [-0.3, -0.25) is 4.79 Å². The molecule has 0 bridgehead atoms. The monoisotopic (exact) mass is 167 g/mol. The van der Waals surface area contributed by atoms with Gasteiger partial charge in [0.2, 0.25) is 5.91 Å². The van der Waals surface area contributed by atoms with Gasteiger partial charge in [0.1, 0.15) is 0 Å². The lowest BCUT2D eigenvalue weighted by Crippen LogP contribution is -2.31. The van der Waals surface area contributed by atoms with Crippen LogP contribution >= 0.6 is 0 Å². The van der Waals surface area contributed by atoms with Crippen molar-refractivity contribution in [3.05, 3.63) is 11.6 Å². The lowest BCUT2D eigenvalue weighted by atomic mass is 10.2. The van der Waals surface area contributed by atoms with Gasteiger partial charge in [-0.2, -0.15) is 0 Å². The smallest absolute Gasteiger partial charge is 0.244 e. The van der Waals surface area contributed by atoms with Gasteiger partial charge in [-0.15, -0.1) is 0 Å². The number of hydrogen-bond donors (Lipinski definition) is 1. The van der Waals surface area contributed by atoms with Crippen LogP contribution in [0, 0.1) is 0 Å². The Hall–Kier alpha value is -0.790. The third-order valence-electron chi connectivity index (χ3n) is 2.12. The average Bonchev–Trinajstić information content (AvgIpc) is 2.37. The summed E-state index contributed by atoms with van der Waals surface area (Å²) < 4.78 is 0. The van der Waals surface area contributed by atoms with Crippen LogP contribution in [-0.4, -0.2) is 11.9 Å². The van der Waals surface area contributed by atoms with E-state index in [1.807, 2.05) is 13.8 Å². The number of carbonyl (C=O) groups excluding carboxylic acids is 1. The largest absolute Gasteiger partial charge is 0.350 e. The maximum Gasteiger partial charge on any atom is 0.244 e. The van der Waals surface area contributed by atoms with Gasteiger partial charge in [0.15, 0.2) is 0 Å². The summed E-state index contributed by atoms with van der Waals surface area (Å²) in [6.07, 6.45) is 6.50. The minimum Gasteiger partial charge on any atom is -0.350 e. The van der Waals surface area contributed by atoms with E-state index in [1.54, 1.807) is 6.08 Å². The molecule has 0 atom stereocenters. The second-order valence-corrected chi connectivity index (χ2v) is 3.71. The molecule has 0 spiro atoms. The summed E-state index contributed by atoms with van der Waals surface area (Å²) in [5.74, 6) is 0.0712. The molecular formula is C10H17NO. The molecule has 1 aliphatic rings. The molecular weight excluding hydrogens is 150 g/mol. The van der Waals surface area contributed by atoms with Crippen molar-refractivity contribution in [3.8, 4) is 0 Å². The Morgan fingerprint density at radius 3 is 2.42 bits per heavy atom.